The molecule has 1 aromatic carbocycles. The van der Waals surface area contributed by atoms with Gasteiger partial charge in [0.05, 0.1) is 12.2 Å². The summed E-state index contributed by atoms with van der Waals surface area (Å²) in [6.45, 7) is 0. The molecule has 102 valence electrons. The molecule has 0 spiro atoms. The highest BCUT2D eigenvalue weighted by Gasteiger charge is 2.11. The van der Waals surface area contributed by atoms with E-state index in [0.29, 0.717) is 17.5 Å². The molecule has 0 aliphatic carbocycles. The van der Waals surface area contributed by atoms with Crippen molar-refractivity contribution in [2.24, 2.45) is 5.73 Å². The van der Waals surface area contributed by atoms with E-state index >= 15 is 0 Å². The molecule has 0 radical (unpaired) electrons. The van der Waals surface area contributed by atoms with E-state index in [4.69, 9.17) is 10.2 Å². The van der Waals surface area contributed by atoms with Crippen LogP contribution in [0.3, 0.4) is 0 Å². The van der Waals surface area contributed by atoms with Gasteiger partial charge in [0, 0.05) is 17.1 Å². The molecule has 0 saturated carbocycles. The Morgan fingerprint density at radius 2 is 2.20 bits per heavy atom. The van der Waals surface area contributed by atoms with Crippen LogP contribution in [0.5, 0.6) is 0 Å². The molecule has 0 saturated heterocycles. The van der Waals surface area contributed by atoms with E-state index < -0.39 is 5.91 Å². The van der Waals surface area contributed by atoms with Gasteiger partial charge in [-0.1, -0.05) is 30.0 Å². The van der Waals surface area contributed by atoms with Gasteiger partial charge < -0.3 is 15.1 Å². The maximum Gasteiger partial charge on any atom is 0.277 e. The Bertz CT molecular complexity index is 750. The van der Waals surface area contributed by atoms with E-state index in [1.54, 1.807) is 0 Å². The molecule has 7 heteroatoms. The van der Waals surface area contributed by atoms with E-state index in [2.05, 4.69) is 15.2 Å². The Morgan fingerprint density at radius 1 is 1.35 bits per heavy atom. The molecular formula is C13H12N4O2S. The molecule has 2 heterocycles. The number of carbonyl (C=O) groups is 1. The molecule has 0 fully saturated rings. The zero-order valence-corrected chi connectivity index (χ0v) is 11.3. The fourth-order valence-electron chi connectivity index (χ4n) is 1.94. The fourth-order valence-corrected chi connectivity index (χ4v) is 2.46. The Kier molecular flexibility index (Phi) is 3.42. The van der Waals surface area contributed by atoms with Crippen LogP contribution in [0, 0.1) is 0 Å². The average Bonchev–Trinajstić information content (AvgIpc) is 3.05. The summed E-state index contributed by atoms with van der Waals surface area (Å²) in [7, 11) is 0. The number of benzene rings is 1. The van der Waals surface area contributed by atoms with E-state index in [-0.39, 0.29) is 5.75 Å². The van der Waals surface area contributed by atoms with Crippen LogP contribution >= 0.6 is 11.8 Å². The van der Waals surface area contributed by atoms with Gasteiger partial charge in [0.2, 0.25) is 11.8 Å². The zero-order valence-electron chi connectivity index (χ0n) is 10.5. The maximum atomic E-state index is 10.7. The van der Waals surface area contributed by atoms with Crippen molar-refractivity contribution in [3.63, 3.8) is 0 Å². The van der Waals surface area contributed by atoms with Crippen molar-refractivity contribution in [3.05, 3.63) is 41.9 Å². The minimum atomic E-state index is -0.411. The number of primary amides is 1. The molecule has 0 atom stereocenters. The predicted octanol–water partition coefficient (Wildman–Crippen LogP) is 1.72. The van der Waals surface area contributed by atoms with E-state index in [1.165, 1.54) is 0 Å². The highest BCUT2D eigenvalue weighted by molar-refractivity contribution is 7.99. The lowest BCUT2D eigenvalue weighted by Crippen LogP contribution is -2.12. The minimum absolute atomic E-state index is 0.134. The Balaban J connectivity index is 1.76. The number of nitrogens with one attached hydrogen (secondary N) is 1. The molecule has 0 aliphatic heterocycles. The third-order valence-electron chi connectivity index (χ3n) is 2.80. The lowest BCUT2D eigenvalue weighted by Gasteiger charge is -1.94. The zero-order chi connectivity index (χ0) is 13.9. The number of H-pyrrole nitrogens is 1. The summed E-state index contributed by atoms with van der Waals surface area (Å²) >= 11 is 1.14. The fraction of sp³-hybridized carbons (Fsp3) is 0.154. The van der Waals surface area contributed by atoms with Crippen molar-refractivity contribution in [3.8, 4) is 0 Å². The maximum absolute atomic E-state index is 10.7. The van der Waals surface area contributed by atoms with Gasteiger partial charge >= 0.3 is 0 Å². The van der Waals surface area contributed by atoms with Gasteiger partial charge in [-0.15, -0.1) is 10.2 Å². The first-order valence-electron chi connectivity index (χ1n) is 6.01. The second-order valence-electron chi connectivity index (χ2n) is 4.25. The summed E-state index contributed by atoms with van der Waals surface area (Å²) in [5, 5.41) is 9.35. The third kappa shape index (κ3) is 2.67. The van der Waals surface area contributed by atoms with E-state index in [1.807, 2.05) is 30.5 Å². The van der Waals surface area contributed by atoms with Crippen LogP contribution in [-0.4, -0.2) is 26.8 Å². The van der Waals surface area contributed by atoms with Crippen molar-refractivity contribution in [1.82, 2.24) is 15.2 Å². The minimum Gasteiger partial charge on any atom is -0.416 e. The summed E-state index contributed by atoms with van der Waals surface area (Å²) in [5.74, 6) is 0.238. The number of rotatable bonds is 5. The number of nitrogens with two attached hydrogens (primary N) is 1. The number of hydrogen-bond donors (Lipinski definition) is 2. The lowest BCUT2D eigenvalue weighted by molar-refractivity contribution is -0.115. The van der Waals surface area contributed by atoms with Crippen molar-refractivity contribution in [2.75, 3.05) is 5.75 Å². The molecule has 6 nitrogen and oxygen atoms in total. The number of hydrogen-bond acceptors (Lipinski definition) is 5. The summed E-state index contributed by atoms with van der Waals surface area (Å²) in [4.78, 5) is 13.9. The van der Waals surface area contributed by atoms with Gasteiger partial charge in [0.15, 0.2) is 0 Å². The molecule has 0 aliphatic rings. The predicted molar refractivity (Wildman–Crippen MR) is 75.3 cm³/mol. The highest BCUT2D eigenvalue weighted by atomic mass is 32.2. The highest BCUT2D eigenvalue weighted by Crippen LogP contribution is 2.22. The third-order valence-corrected chi connectivity index (χ3v) is 3.64. The number of aromatic nitrogens is 3. The second kappa shape index (κ2) is 5.38. The summed E-state index contributed by atoms with van der Waals surface area (Å²) in [5.41, 5.74) is 7.23. The lowest BCUT2D eigenvalue weighted by atomic mass is 10.1. The van der Waals surface area contributed by atoms with Gasteiger partial charge in [0.25, 0.3) is 5.22 Å². The molecule has 2 aromatic heterocycles. The standard InChI is InChI=1S/C13H12N4O2S/c14-11(18)7-20-13-17-16-12(19-13)5-8-6-15-10-4-2-1-3-9(8)10/h1-4,6,15H,5,7H2,(H2,14,18). The van der Waals surface area contributed by atoms with Crippen molar-refractivity contribution in [1.29, 1.82) is 0 Å². The monoisotopic (exact) mass is 288 g/mol. The van der Waals surface area contributed by atoms with E-state index in [0.717, 1.165) is 28.2 Å². The first-order chi connectivity index (χ1) is 9.72. The van der Waals surface area contributed by atoms with Crippen LogP contribution in [0.2, 0.25) is 0 Å². The number of fused-ring (bicyclic) bond motifs is 1. The van der Waals surface area contributed by atoms with Gasteiger partial charge in [-0.05, 0) is 11.6 Å². The normalized spacial score (nSPS) is 11.0. The average molecular weight is 288 g/mol. The molecule has 0 unspecified atom stereocenters. The van der Waals surface area contributed by atoms with Crippen LogP contribution in [0.4, 0.5) is 0 Å². The quantitative estimate of drug-likeness (QED) is 0.697. The van der Waals surface area contributed by atoms with Crippen molar-refractivity contribution >= 4 is 28.6 Å². The number of aromatic amines is 1. The van der Waals surface area contributed by atoms with Crippen molar-refractivity contribution in [2.45, 2.75) is 11.6 Å². The molecular weight excluding hydrogens is 276 g/mol. The number of thioether (sulfide) groups is 1. The Morgan fingerprint density at radius 3 is 3.05 bits per heavy atom. The van der Waals surface area contributed by atoms with Crippen LogP contribution < -0.4 is 5.73 Å². The number of nitrogens with zero attached hydrogens (tertiary/aromatic N) is 2. The second-order valence-corrected chi connectivity index (χ2v) is 5.18. The molecule has 20 heavy (non-hydrogen) atoms. The molecule has 3 rings (SSSR count). The Labute approximate surface area is 118 Å². The molecule has 3 aromatic rings. The summed E-state index contributed by atoms with van der Waals surface area (Å²) in [6.07, 6.45) is 2.49. The SMILES string of the molecule is NC(=O)CSc1nnc(Cc2c[nH]c3ccccc23)o1. The topological polar surface area (TPSA) is 97.8 Å². The number of para-hydroxylation sites is 1. The first kappa shape index (κ1) is 12.7. The first-order valence-corrected chi connectivity index (χ1v) is 6.99. The largest absolute Gasteiger partial charge is 0.416 e. The molecule has 0 bridgehead atoms. The van der Waals surface area contributed by atoms with Gasteiger partial charge in [0.1, 0.15) is 0 Å². The summed E-state index contributed by atoms with van der Waals surface area (Å²) in [6, 6.07) is 8.02. The van der Waals surface area contributed by atoms with Gasteiger partial charge in [-0.25, -0.2) is 0 Å². The van der Waals surface area contributed by atoms with Crippen LogP contribution in [0.25, 0.3) is 10.9 Å². The molecule has 3 N–H and O–H groups in total. The summed E-state index contributed by atoms with van der Waals surface area (Å²) < 4.78 is 5.48. The van der Waals surface area contributed by atoms with Crippen LogP contribution in [0.1, 0.15) is 11.5 Å². The number of carbonyl (C=O) groups excluding carboxylic acids is 1. The number of amides is 1. The van der Waals surface area contributed by atoms with E-state index in [9.17, 15) is 4.79 Å². The van der Waals surface area contributed by atoms with Crippen LogP contribution in [-0.2, 0) is 11.2 Å². The molecule has 1 amide bonds. The Hall–Kier alpha value is -2.28. The smallest absolute Gasteiger partial charge is 0.277 e. The van der Waals surface area contributed by atoms with Gasteiger partial charge in [-0.3, -0.25) is 4.79 Å². The van der Waals surface area contributed by atoms with Crippen molar-refractivity contribution < 1.29 is 9.21 Å². The van der Waals surface area contributed by atoms with Crippen LogP contribution in [0.15, 0.2) is 40.1 Å². The van der Waals surface area contributed by atoms with Gasteiger partial charge in [-0.2, -0.15) is 0 Å².